The first-order valence-corrected chi connectivity index (χ1v) is 7.38. The molecule has 2 rings (SSSR count). The summed E-state index contributed by atoms with van der Waals surface area (Å²) < 4.78 is 62.0. The van der Waals surface area contributed by atoms with Gasteiger partial charge >= 0.3 is 6.18 Å². The van der Waals surface area contributed by atoms with Crippen molar-refractivity contribution in [1.29, 1.82) is 0 Å². The Hall–Kier alpha value is -1.08. The van der Waals surface area contributed by atoms with Gasteiger partial charge in [-0.2, -0.15) is 13.2 Å². The molecule has 106 valence electrons. The van der Waals surface area contributed by atoms with Crippen LogP contribution in [0.3, 0.4) is 0 Å². The molecule has 1 saturated carbocycles. The summed E-state index contributed by atoms with van der Waals surface area (Å²) in [5.41, 5.74) is -0.932. The number of rotatable bonds is 3. The zero-order chi connectivity index (χ0) is 14.3. The molecule has 19 heavy (non-hydrogen) atoms. The maximum absolute atomic E-state index is 12.6. The van der Waals surface area contributed by atoms with E-state index in [9.17, 15) is 21.6 Å². The van der Waals surface area contributed by atoms with Crippen LogP contribution in [-0.4, -0.2) is 26.8 Å². The van der Waals surface area contributed by atoms with E-state index in [1.807, 2.05) is 0 Å². The van der Waals surface area contributed by atoms with E-state index in [1.165, 1.54) is 6.07 Å². The molecule has 0 bridgehead atoms. The number of benzene rings is 1. The highest BCUT2D eigenvalue weighted by Gasteiger charge is 2.40. The molecule has 1 fully saturated rings. The van der Waals surface area contributed by atoms with Crippen LogP contribution < -0.4 is 5.32 Å². The van der Waals surface area contributed by atoms with Crippen LogP contribution in [0.4, 0.5) is 13.2 Å². The lowest BCUT2D eigenvalue weighted by Gasteiger charge is -2.34. The fourth-order valence-electron chi connectivity index (χ4n) is 2.10. The van der Waals surface area contributed by atoms with Gasteiger partial charge in [-0.25, -0.2) is 8.42 Å². The van der Waals surface area contributed by atoms with Crippen LogP contribution in [0.1, 0.15) is 18.4 Å². The van der Waals surface area contributed by atoms with Crippen molar-refractivity contribution in [2.45, 2.75) is 35.2 Å². The molecule has 0 unspecified atom stereocenters. The summed E-state index contributed by atoms with van der Waals surface area (Å²) in [5.74, 6) is 0. The first-order chi connectivity index (χ1) is 8.75. The van der Waals surface area contributed by atoms with Gasteiger partial charge in [-0.15, -0.1) is 0 Å². The molecule has 1 aromatic rings. The summed E-state index contributed by atoms with van der Waals surface area (Å²) in [6, 6.07) is 4.06. The molecule has 1 aromatic carbocycles. The average Bonchev–Trinajstić information content (AvgIpc) is 2.26. The van der Waals surface area contributed by atoms with E-state index in [4.69, 9.17) is 0 Å². The molecule has 0 atom stereocenters. The molecule has 1 N–H and O–H groups in total. The third-order valence-corrected chi connectivity index (χ3v) is 5.61. The fourth-order valence-corrected chi connectivity index (χ4v) is 4.01. The predicted molar refractivity (Wildman–Crippen MR) is 64.5 cm³/mol. The van der Waals surface area contributed by atoms with Crippen LogP contribution in [0.15, 0.2) is 29.2 Å². The van der Waals surface area contributed by atoms with Gasteiger partial charge in [0, 0.05) is 6.04 Å². The molecule has 1 aliphatic rings. The van der Waals surface area contributed by atoms with Crippen molar-refractivity contribution in [1.82, 2.24) is 5.32 Å². The lowest BCUT2D eigenvalue weighted by molar-refractivity contribution is -0.137. The Bertz CT molecular complexity index is 563. The second-order valence-corrected chi connectivity index (χ2v) is 6.88. The standard InChI is InChI=1S/C12H14F3NO2S/c1-16-9-6-11(7-9)19(17,18)10-4-2-3-8(5-10)12(13,14)15/h2-5,9,11,16H,6-7H2,1H3/t9-,11-. The summed E-state index contributed by atoms with van der Waals surface area (Å²) in [6.07, 6.45) is -3.65. The van der Waals surface area contributed by atoms with Gasteiger partial charge in [-0.3, -0.25) is 0 Å². The third kappa shape index (κ3) is 2.76. The minimum Gasteiger partial charge on any atom is -0.317 e. The van der Waals surface area contributed by atoms with E-state index >= 15 is 0 Å². The van der Waals surface area contributed by atoms with Crippen LogP contribution in [0.2, 0.25) is 0 Å². The van der Waals surface area contributed by atoms with Crippen LogP contribution >= 0.6 is 0 Å². The average molecular weight is 293 g/mol. The van der Waals surface area contributed by atoms with Crippen LogP contribution in [0, 0.1) is 0 Å². The summed E-state index contributed by atoms with van der Waals surface area (Å²) in [6.45, 7) is 0. The molecule has 7 heteroatoms. The van der Waals surface area contributed by atoms with Crippen molar-refractivity contribution in [2.24, 2.45) is 0 Å². The number of nitrogens with one attached hydrogen (secondary N) is 1. The van der Waals surface area contributed by atoms with Crippen LogP contribution in [0.25, 0.3) is 0 Å². The molecule has 0 heterocycles. The predicted octanol–water partition coefficient (Wildman–Crippen LogP) is 2.23. The van der Waals surface area contributed by atoms with Crippen molar-refractivity contribution in [3.63, 3.8) is 0 Å². The second kappa shape index (κ2) is 4.79. The Morgan fingerprint density at radius 2 is 1.89 bits per heavy atom. The topological polar surface area (TPSA) is 46.2 Å². The molecule has 0 aliphatic heterocycles. The smallest absolute Gasteiger partial charge is 0.317 e. The van der Waals surface area contributed by atoms with Gasteiger partial charge < -0.3 is 5.32 Å². The highest BCUT2D eigenvalue weighted by atomic mass is 32.2. The van der Waals surface area contributed by atoms with Gasteiger partial charge in [0.15, 0.2) is 9.84 Å². The highest BCUT2D eigenvalue weighted by Crippen LogP contribution is 2.34. The van der Waals surface area contributed by atoms with Gasteiger partial charge in [0.2, 0.25) is 0 Å². The third-order valence-electron chi connectivity index (χ3n) is 3.43. The lowest BCUT2D eigenvalue weighted by atomic mass is 9.93. The summed E-state index contributed by atoms with van der Waals surface area (Å²) >= 11 is 0. The zero-order valence-electron chi connectivity index (χ0n) is 10.2. The normalized spacial score (nSPS) is 24.0. The summed E-state index contributed by atoms with van der Waals surface area (Å²) in [4.78, 5) is -0.248. The van der Waals surface area contributed by atoms with E-state index in [0.717, 1.165) is 12.1 Å². The highest BCUT2D eigenvalue weighted by molar-refractivity contribution is 7.92. The van der Waals surface area contributed by atoms with Crippen molar-refractivity contribution < 1.29 is 21.6 Å². The van der Waals surface area contributed by atoms with E-state index in [-0.39, 0.29) is 10.9 Å². The monoisotopic (exact) mass is 293 g/mol. The first kappa shape index (κ1) is 14.3. The quantitative estimate of drug-likeness (QED) is 0.929. The van der Waals surface area contributed by atoms with E-state index in [2.05, 4.69) is 5.32 Å². The number of sulfone groups is 1. The van der Waals surface area contributed by atoms with E-state index in [0.29, 0.717) is 18.9 Å². The number of hydrogen-bond acceptors (Lipinski definition) is 3. The Morgan fingerprint density at radius 3 is 2.42 bits per heavy atom. The SMILES string of the molecule is CN[C@H]1C[C@H](S(=O)(=O)c2cccc(C(F)(F)F)c2)C1. The van der Waals surface area contributed by atoms with E-state index in [1.54, 1.807) is 7.05 Å². The summed E-state index contributed by atoms with van der Waals surface area (Å²) in [5, 5.41) is 2.36. The Labute approximate surface area is 109 Å². The van der Waals surface area contributed by atoms with Crippen molar-refractivity contribution in [3.05, 3.63) is 29.8 Å². The van der Waals surface area contributed by atoms with Gasteiger partial charge in [-0.1, -0.05) is 6.07 Å². The number of hydrogen-bond donors (Lipinski definition) is 1. The minimum atomic E-state index is -4.53. The Morgan fingerprint density at radius 1 is 1.26 bits per heavy atom. The molecule has 0 saturated heterocycles. The fraction of sp³-hybridized carbons (Fsp3) is 0.500. The minimum absolute atomic E-state index is 0.130. The molecular formula is C12H14F3NO2S. The zero-order valence-corrected chi connectivity index (χ0v) is 11.1. The molecule has 0 amide bonds. The van der Waals surface area contributed by atoms with Crippen molar-refractivity contribution >= 4 is 9.84 Å². The largest absolute Gasteiger partial charge is 0.416 e. The van der Waals surface area contributed by atoms with Crippen LogP contribution in [-0.2, 0) is 16.0 Å². The van der Waals surface area contributed by atoms with Crippen molar-refractivity contribution in [3.8, 4) is 0 Å². The number of alkyl halides is 3. The van der Waals surface area contributed by atoms with Gasteiger partial charge in [0.25, 0.3) is 0 Å². The maximum atomic E-state index is 12.6. The molecule has 0 spiro atoms. The van der Waals surface area contributed by atoms with Crippen LogP contribution in [0.5, 0.6) is 0 Å². The Balaban J connectivity index is 2.27. The number of halogens is 3. The van der Waals surface area contributed by atoms with Gasteiger partial charge in [0.1, 0.15) is 0 Å². The van der Waals surface area contributed by atoms with Gasteiger partial charge in [-0.05, 0) is 38.1 Å². The summed E-state index contributed by atoms with van der Waals surface area (Å²) in [7, 11) is -1.93. The maximum Gasteiger partial charge on any atom is 0.416 e. The molecule has 0 aromatic heterocycles. The molecule has 1 aliphatic carbocycles. The second-order valence-electron chi connectivity index (χ2n) is 4.65. The molecule has 0 radical (unpaired) electrons. The lowest BCUT2D eigenvalue weighted by Crippen LogP contribution is -2.46. The Kier molecular flexibility index (Phi) is 3.61. The molecular weight excluding hydrogens is 279 g/mol. The van der Waals surface area contributed by atoms with E-state index < -0.39 is 26.8 Å². The first-order valence-electron chi connectivity index (χ1n) is 5.83. The van der Waals surface area contributed by atoms with Crippen molar-refractivity contribution in [2.75, 3.05) is 7.05 Å². The van der Waals surface area contributed by atoms with Gasteiger partial charge in [0.05, 0.1) is 15.7 Å². The molecule has 3 nitrogen and oxygen atoms in total.